The van der Waals surface area contributed by atoms with E-state index < -0.39 is 16.3 Å². The van der Waals surface area contributed by atoms with Gasteiger partial charge in [-0.05, 0) is 42.2 Å². The summed E-state index contributed by atoms with van der Waals surface area (Å²) in [6.45, 7) is -0.156. The van der Waals surface area contributed by atoms with Gasteiger partial charge in [-0.25, -0.2) is 4.79 Å². The molecule has 0 saturated carbocycles. The maximum absolute atomic E-state index is 12.4. The zero-order valence-corrected chi connectivity index (χ0v) is 14.2. The van der Waals surface area contributed by atoms with E-state index in [9.17, 15) is 14.1 Å². The van der Waals surface area contributed by atoms with Crippen molar-refractivity contribution in [2.24, 2.45) is 0 Å². The van der Waals surface area contributed by atoms with E-state index in [1.54, 1.807) is 30.5 Å². The molecule has 6 heteroatoms. The third-order valence-corrected chi connectivity index (χ3v) is 5.32. The molecule has 0 saturated heterocycles. The van der Waals surface area contributed by atoms with E-state index >= 15 is 0 Å². The molecule has 1 aliphatic rings. The predicted octanol–water partition coefficient (Wildman–Crippen LogP) is 2.38. The minimum Gasteiger partial charge on any atom is -0.394 e. The number of benzene rings is 2. The van der Waals surface area contributed by atoms with E-state index in [-0.39, 0.29) is 12.6 Å². The van der Waals surface area contributed by atoms with Gasteiger partial charge >= 0.3 is 6.03 Å². The number of carbonyl (C=O) groups is 1. The van der Waals surface area contributed by atoms with E-state index in [1.165, 1.54) is 0 Å². The number of urea groups is 1. The number of fused-ring (bicyclic) bond motifs is 1. The lowest BCUT2D eigenvalue weighted by Gasteiger charge is -2.29. The van der Waals surface area contributed by atoms with E-state index in [4.69, 9.17) is 0 Å². The highest BCUT2D eigenvalue weighted by atomic mass is 32.2. The van der Waals surface area contributed by atoms with Gasteiger partial charge in [-0.3, -0.25) is 4.21 Å². The Morgan fingerprint density at radius 2 is 2.04 bits per heavy atom. The number of anilines is 1. The molecule has 0 aliphatic heterocycles. The molecule has 126 valence electrons. The molecule has 0 radical (unpaired) electrons. The molecule has 5 nitrogen and oxygen atoms in total. The largest absolute Gasteiger partial charge is 0.394 e. The van der Waals surface area contributed by atoms with Crippen molar-refractivity contribution >= 4 is 22.5 Å². The van der Waals surface area contributed by atoms with Crippen LogP contribution in [-0.4, -0.2) is 28.2 Å². The molecule has 3 N–H and O–H groups in total. The van der Waals surface area contributed by atoms with Crippen molar-refractivity contribution in [1.82, 2.24) is 5.32 Å². The summed E-state index contributed by atoms with van der Waals surface area (Å²) >= 11 is 0. The molecular weight excluding hydrogens is 324 g/mol. The van der Waals surface area contributed by atoms with Crippen LogP contribution >= 0.6 is 0 Å². The fourth-order valence-electron chi connectivity index (χ4n) is 3.15. The van der Waals surface area contributed by atoms with E-state index in [0.717, 1.165) is 17.5 Å². The summed E-state index contributed by atoms with van der Waals surface area (Å²) in [4.78, 5) is 13.1. The van der Waals surface area contributed by atoms with Crippen LogP contribution in [0.3, 0.4) is 0 Å². The zero-order valence-electron chi connectivity index (χ0n) is 13.4. The molecule has 0 bridgehead atoms. The monoisotopic (exact) mass is 344 g/mol. The van der Waals surface area contributed by atoms with Crippen molar-refractivity contribution in [1.29, 1.82) is 0 Å². The Balaban J connectivity index is 1.77. The topological polar surface area (TPSA) is 78.4 Å². The number of aliphatic hydroxyl groups excluding tert-OH is 1. The number of carbonyl (C=O) groups excluding carboxylic acids is 1. The Kier molecular flexibility index (Phi) is 4.69. The fourth-order valence-corrected chi connectivity index (χ4v) is 3.72. The Morgan fingerprint density at radius 1 is 1.25 bits per heavy atom. The van der Waals surface area contributed by atoms with Crippen molar-refractivity contribution in [2.45, 2.75) is 23.3 Å². The smallest absolute Gasteiger partial charge is 0.320 e. The second-order valence-corrected chi connectivity index (χ2v) is 7.34. The summed E-state index contributed by atoms with van der Waals surface area (Å²) in [7, 11) is -1.11. The first-order valence-electron chi connectivity index (χ1n) is 7.76. The van der Waals surface area contributed by atoms with Gasteiger partial charge in [-0.1, -0.05) is 30.3 Å². The lowest BCUT2D eigenvalue weighted by molar-refractivity contribution is 0.164. The molecule has 2 atom stereocenters. The van der Waals surface area contributed by atoms with Crippen LogP contribution in [0.2, 0.25) is 0 Å². The number of nitrogens with one attached hydrogen (secondary N) is 2. The fraction of sp³-hybridized carbons (Fsp3) is 0.278. The van der Waals surface area contributed by atoms with Crippen molar-refractivity contribution in [3.63, 3.8) is 0 Å². The lowest BCUT2D eigenvalue weighted by Crippen LogP contribution is -2.48. The number of hydrogen-bond donors (Lipinski definition) is 3. The van der Waals surface area contributed by atoms with Crippen LogP contribution in [-0.2, 0) is 22.8 Å². The number of aryl methyl sites for hydroxylation is 1. The molecule has 2 unspecified atom stereocenters. The summed E-state index contributed by atoms with van der Waals surface area (Å²) in [6.07, 6.45) is 3.08. The van der Waals surface area contributed by atoms with Crippen LogP contribution in [0.4, 0.5) is 10.5 Å². The highest BCUT2D eigenvalue weighted by Gasteiger charge is 2.39. The summed E-state index contributed by atoms with van der Waals surface area (Å²) in [5, 5.41) is 15.6. The molecule has 0 fully saturated rings. The minimum atomic E-state index is -1.11. The predicted molar refractivity (Wildman–Crippen MR) is 94.5 cm³/mol. The molecule has 0 heterocycles. The summed E-state index contributed by atoms with van der Waals surface area (Å²) in [6, 6.07) is 14.4. The molecule has 2 aromatic carbocycles. The second kappa shape index (κ2) is 6.75. The van der Waals surface area contributed by atoms with Crippen LogP contribution in [0, 0.1) is 0 Å². The maximum atomic E-state index is 12.4. The van der Waals surface area contributed by atoms with Crippen LogP contribution in [0.15, 0.2) is 53.4 Å². The van der Waals surface area contributed by atoms with Crippen LogP contribution in [0.1, 0.15) is 17.5 Å². The van der Waals surface area contributed by atoms with Gasteiger partial charge < -0.3 is 15.7 Å². The van der Waals surface area contributed by atoms with Crippen molar-refractivity contribution in [3.8, 4) is 0 Å². The van der Waals surface area contributed by atoms with Crippen LogP contribution in [0.25, 0.3) is 0 Å². The third-order valence-electron chi connectivity index (χ3n) is 4.40. The Hall–Kier alpha value is -2.18. The minimum absolute atomic E-state index is 0.156. The van der Waals surface area contributed by atoms with Gasteiger partial charge in [0.05, 0.1) is 12.1 Å². The summed E-state index contributed by atoms with van der Waals surface area (Å²) in [5.41, 5.74) is 1.92. The molecule has 24 heavy (non-hydrogen) atoms. The number of amides is 2. The molecular formula is C18H20N2O3S. The summed E-state index contributed by atoms with van der Waals surface area (Å²) < 4.78 is 11.5. The van der Waals surface area contributed by atoms with Gasteiger partial charge in [0, 0.05) is 27.6 Å². The standard InChI is InChI=1S/C18H20N2O3S/c1-24(23)15-7-4-6-14(11-15)19-17(22)20-18(12-21)10-9-13-5-2-3-8-16(13)18/h2-8,11,21H,9-10,12H2,1H3,(H2,19,20,22). The van der Waals surface area contributed by atoms with Gasteiger partial charge in [0.2, 0.25) is 0 Å². The van der Waals surface area contributed by atoms with Gasteiger partial charge in [0.25, 0.3) is 0 Å². The second-order valence-electron chi connectivity index (χ2n) is 5.96. The van der Waals surface area contributed by atoms with Gasteiger partial charge in [-0.2, -0.15) is 0 Å². The number of hydrogen-bond acceptors (Lipinski definition) is 3. The van der Waals surface area contributed by atoms with Crippen LogP contribution < -0.4 is 10.6 Å². The SMILES string of the molecule is CS(=O)c1cccc(NC(=O)NC2(CO)CCc3ccccc32)c1. The summed E-state index contributed by atoms with van der Waals surface area (Å²) in [5.74, 6) is 0. The van der Waals surface area contributed by atoms with Crippen molar-refractivity contribution < 1.29 is 14.1 Å². The van der Waals surface area contributed by atoms with Gasteiger partial charge in [0.1, 0.15) is 0 Å². The van der Waals surface area contributed by atoms with Gasteiger partial charge in [0.15, 0.2) is 0 Å². The zero-order chi connectivity index (χ0) is 17.2. The number of aliphatic hydroxyl groups is 1. The quantitative estimate of drug-likeness (QED) is 0.797. The highest BCUT2D eigenvalue weighted by molar-refractivity contribution is 7.84. The average Bonchev–Trinajstić information content (AvgIpc) is 2.94. The van der Waals surface area contributed by atoms with E-state index in [2.05, 4.69) is 10.6 Å². The first kappa shape index (κ1) is 16.7. The van der Waals surface area contributed by atoms with E-state index in [0.29, 0.717) is 17.0 Å². The third kappa shape index (κ3) is 3.20. The molecule has 0 aromatic heterocycles. The first-order chi connectivity index (χ1) is 11.5. The Labute approximate surface area is 143 Å². The van der Waals surface area contributed by atoms with Gasteiger partial charge in [-0.15, -0.1) is 0 Å². The Bertz CT molecular complexity index is 793. The molecule has 3 rings (SSSR count). The number of rotatable bonds is 4. The van der Waals surface area contributed by atoms with Crippen molar-refractivity contribution in [2.75, 3.05) is 18.2 Å². The van der Waals surface area contributed by atoms with E-state index in [1.807, 2.05) is 24.3 Å². The molecule has 0 spiro atoms. The first-order valence-corrected chi connectivity index (χ1v) is 9.32. The maximum Gasteiger partial charge on any atom is 0.320 e. The normalized spacial score (nSPS) is 20.2. The Morgan fingerprint density at radius 3 is 2.79 bits per heavy atom. The molecule has 2 aromatic rings. The highest BCUT2D eigenvalue weighted by Crippen LogP contribution is 2.36. The van der Waals surface area contributed by atoms with Crippen molar-refractivity contribution in [3.05, 3.63) is 59.7 Å². The molecule has 2 amide bonds. The van der Waals surface area contributed by atoms with Crippen LogP contribution in [0.5, 0.6) is 0 Å². The average molecular weight is 344 g/mol. The lowest BCUT2D eigenvalue weighted by atomic mass is 9.93. The molecule has 1 aliphatic carbocycles.